The van der Waals surface area contributed by atoms with Gasteiger partial charge in [-0.2, -0.15) is 11.8 Å². The van der Waals surface area contributed by atoms with Crippen LogP contribution in [-0.4, -0.2) is 53.7 Å². The van der Waals surface area contributed by atoms with E-state index in [-0.39, 0.29) is 12.1 Å². The van der Waals surface area contributed by atoms with Crippen molar-refractivity contribution in [1.29, 1.82) is 0 Å². The van der Waals surface area contributed by atoms with Crippen LogP contribution in [0.25, 0.3) is 0 Å². The molecule has 2 saturated heterocycles. The topological polar surface area (TPSA) is 44.4 Å². The highest BCUT2D eigenvalue weighted by atomic mass is 32.2. The van der Waals surface area contributed by atoms with Gasteiger partial charge in [-0.3, -0.25) is 4.90 Å². The maximum absolute atomic E-state index is 12.1. The van der Waals surface area contributed by atoms with Crippen molar-refractivity contribution < 1.29 is 4.79 Å². The Labute approximate surface area is 127 Å². The van der Waals surface area contributed by atoms with Gasteiger partial charge in [0.2, 0.25) is 0 Å². The quantitative estimate of drug-likeness (QED) is 0.741. The van der Waals surface area contributed by atoms with Gasteiger partial charge in [0.1, 0.15) is 0 Å². The number of thioether (sulfide) groups is 1. The lowest BCUT2D eigenvalue weighted by atomic mass is 9.99. The van der Waals surface area contributed by atoms with Crippen molar-refractivity contribution >= 4 is 17.8 Å². The lowest BCUT2D eigenvalue weighted by molar-refractivity contribution is 0.178. The van der Waals surface area contributed by atoms with Gasteiger partial charge in [-0.25, -0.2) is 4.79 Å². The summed E-state index contributed by atoms with van der Waals surface area (Å²) in [5.74, 6) is 2.27. The second kappa shape index (κ2) is 8.13. The Balaban J connectivity index is 1.69. The van der Waals surface area contributed by atoms with Crippen LogP contribution >= 0.6 is 11.8 Å². The van der Waals surface area contributed by atoms with E-state index in [4.69, 9.17) is 0 Å². The average molecular weight is 299 g/mol. The molecule has 0 aromatic rings. The van der Waals surface area contributed by atoms with Crippen LogP contribution in [0.15, 0.2) is 0 Å². The van der Waals surface area contributed by atoms with Crippen molar-refractivity contribution in [3.63, 3.8) is 0 Å². The zero-order chi connectivity index (χ0) is 14.4. The van der Waals surface area contributed by atoms with E-state index in [9.17, 15) is 4.79 Å². The summed E-state index contributed by atoms with van der Waals surface area (Å²) >= 11 is 1.93. The molecule has 0 unspecified atom stereocenters. The molecule has 0 spiro atoms. The van der Waals surface area contributed by atoms with Crippen LogP contribution in [0.3, 0.4) is 0 Å². The van der Waals surface area contributed by atoms with E-state index in [1.165, 1.54) is 25.8 Å². The van der Waals surface area contributed by atoms with Gasteiger partial charge in [-0.15, -0.1) is 0 Å². The van der Waals surface area contributed by atoms with E-state index in [0.717, 1.165) is 30.9 Å². The minimum atomic E-state index is 0.0245. The summed E-state index contributed by atoms with van der Waals surface area (Å²) < 4.78 is 0. The summed E-state index contributed by atoms with van der Waals surface area (Å²) in [7, 11) is 0. The molecule has 2 N–H and O–H groups in total. The van der Waals surface area contributed by atoms with Crippen molar-refractivity contribution in [2.24, 2.45) is 0 Å². The van der Waals surface area contributed by atoms with E-state index in [0.29, 0.717) is 12.1 Å². The molecule has 116 valence electrons. The van der Waals surface area contributed by atoms with Crippen molar-refractivity contribution in [2.45, 2.75) is 64.1 Å². The summed E-state index contributed by atoms with van der Waals surface area (Å²) in [6.07, 6.45) is 6.03. The predicted molar refractivity (Wildman–Crippen MR) is 86.4 cm³/mol. The molecule has 3 atom stereocenters. The highest BCUT2D eigenvalue weighted by molar-refractivity contribution is 7.99. The van der Waals surface area contributed by atoms with E-state index in [2.05, 4.69) is 29.4 Å². The molecule has 4 nitrogen and oxygen atoms in total. The lowest BCUT2D eigenvalue weighted by Gasteiger charge is -2.32. The minimum absolute atomic E-state index is 0.0245. The third-order valence-electron chi connectivity index (χ3n) is 4.45. The molecule has 2 rings (SSSR count). The SMILES string of the molecule is CCSCC[C@H](C)NC(=O)N[C@@H]1CCN2CCCC[C@H]12. The van der Waals surface area contributed by atoms with Gasteiger partial charge < -0.3 is 10.6 Å². The third-order valence-corrected chi connectivity index (χ3v) is 5.38. The van der Waals surface area contributed by atoms with Crippen LogP contribution in [0.5, 0.6) is 0 Å². The number of fused-ring (bicyclic) bond motifs is 1. The summed E-state index contributed by atoms with van der Waals surface area (Å²) in [6, 6.07) is 1.22. The van der Waals surface area contributed by atoms with Crippen molar-refractivity contribution in [1.82, 2.24) is 15.5 Å². The molecule has 0 radical (unpaired) electrons. The summed E-state index contributed by atoms with van der Waals surface area (Å²) in [5, 5.41) is 6.28. The first kappa shape index (κ1) is 16.0. The fraction of sp³-hybridized carbons (Fsp3) is 0.933. The molecular weight excluding hydrogens is 270 g/mol. The van der Waals surface area contributed by atoms with Gasteiger partial charge in [-0.05, 0) is 50.7 Å². The predicted octanol–water partition coefficient (Wildman–Crippen LogP) is 2.44. The zero-order valence-electron chi connectivity index (χ0n) is 12.9. The van der Waals surface area contributed by atoms with Crippen molar-refractivity contribution in [3.8, 4) is 0 Å². The largest absolute Gasteiger partial charge is 0.336 e. The zero-order valence-corrected chi connectivity index (χ0v) is 13.7. The van der Waals surface area contributed by atoms with Gasteiger partial charge in [-0.1, -0.05) is 13.3 Å². The minimum Gasteiger partial charge on any atom is -0.336 e. The van der Waals surface area contributed by atoms with Crippen LogP contribution in [-0.2, 0) is 0 Å². The Bertz CT molecular complexity index is 313. The third kappa shape index (κ3) is 4.55. The molecule has 0 bridgehead atoms. The molecule has 2 aliphatic heterocycles. The van der Waals surface area contributed by atoms with E-state index in [1.54, 1.807) is 0 Å². The standard InChI is InChI=1S/C15H29N3OS/c1-3-20-11-8-12(2)16-15(19)17-13-7-10-18-9-5-4-6-14(13)18/h12-14H,3-11H2,1-2H3,(H2,16,17,19)/t12-,13+,14+/m0/s1. The fourth-order valence-electron chi connectivity index (χ4n) is 3.33. The molecule has 2 aliphatic rings. The Hall–Kier alpha value is -0.420. The van der Waals surface area contributed by atoms with E-state index in [1.807, 2.05) is 11.8 Å². The molecule has 0 aromatic carbocycles. The van der Waals surface area contributed by atoms with Crippen LogP contribution in [0.1, 0.15) is 46.0 Å². The van der Waals surface area contributed by atoms with Gasteiger partial charge in [0.25, 0.3) is 0 Å². The van der Waals surface area contributed by atoms with E-state index < -0.39 is 0 Å². The maximum Gasteiger partial charge on any atom is 0.315 e. The number of amides is 2. The summed E-state index contributed by atoms with van der Waals surface area (Å²) in [4.78, 5) is 14.6. The number of nitrogens with one attached hydrogen (secondary N) is 2. The molecule has 2 heterocycles. The number of carbonyl (C=O) groups excluding carboxylic acids is 1. The first-order chi connectivity index (χ1) is 9.70. The van der Waals surface area contributed by atoms with E-state index >= 15 is 0 Å². The van der Waals surface area contributed by atoms with Crippen molar-refractivity contribution in [2.75, 3.05) is 24.6 Å². The Morgan fingerprint density at radius 2 is 2.20 bits per heavy atom. The highest BCUT2D eigenvalue weighted by Crippen LogP contribution is 2.26. The molecule has 0 saturated carbocycles. The van der Waals surface area contributed by atoms with Crippen LogP contribution < -0.4 is 10.6 Å². The molecule has 0 aromatic heterocycles. The van der Waals surface area contributed by atoms with Crippen molar-refractivity contribution in [3.05, 3.63) is 0 Å². The Morgan fingerprint density at radius 1 is 1.35 bits per heavy atom. The van der Waals surface area contributed by atoms with Gasteiger partial charge in [0, 0.05) is 24.7 Å². The molecule has 5 heteroatoms. The second-order valence-corrected chi connectivity index (χ2v) is 7.39. The lowest BCUT2D eigenvalue weighted by Crippen LogP contribution is -2.51. The molecule has 20 heavy (non-hydrogen) atoms. The number of rotatable bonds is 6. The van der Waals surface area contributed by atoms with Crippen LogP contribution in [0.2, 0.25) is 0 Å². The number of carbonyl (C=O) groups is 1. The fourth-order valence-corrected chi connectivity index (χ4v) is 4.14. The van der Waals surface area contributed by atoms with Crippen LogP contribution in [0.4, 0.5) is 4.79 Å². The monoisotopic (exact) mass is 299 g/mol. The summed E-state index contributed by atoms with van der Waals surface area (Å²) in [5.41, 5.74) is 0. The summed E-state index contributed by atoms with van der Waals surface area (Å²) in [6.45, 7) is 6.64. The number of piperidine rings is 1. The maximum atomic E-state index is 12.1. The number of nitrogens with zero attached hydrogens (tertiary/aromatic N) is 1. The van der Waals surface area contributed by atoms with Gasteiger partial charge in [0.15, 0.2) is 0 Å². The molecule has 2 amide bonds. The van der Waals surface area contributed by atoms with Gasteiger partial charge in [0.05, 0.1) is 0 Å². The Kier molecular flexibility index (Phi) is 6.49. The Morgan fingerprint density at radius 3 is 3.00 bits per heavy atom. The number of hydrogen-bond acceptors (Lipinski definition) is 3. The van der Waals surface area contributed by atoms with Gasteiger partial charge >= 0.3 is 6.03 Å². The number of urea groups is 1. The average Bonchev–Trinajstić information content (AvgIpc) is 2.82. The molecule has 0 aliphatic carbocycles. The normalized spacial score (nSPS) is 27.9. The highest BCUT2D eigenvalue weighted by Gasteiger charge is 2.36. The van der Waals surface area contributed by atoms with Crippen LogP contribution in [0, 0.1) is 0 Å². The molecule has 2 fully saturated rings. The smallest absolute Gasteiger partial charge is 0.315 e. The number of hydrogen-bond donors (Lipinski definition) is 2. The first-order valence-electron chi connectivity index (χ1n) is 8.09. The first-order valence-corrected chi connectivity index (χ1v) is 9.25. The second-order valence-electron chi connectivity index (χ2n) is 6.00. The molecular formula is C15H29N3OS.